The molecule has 0 radical (unpaired) electrons. The molecule has 0 fully saturated rings. The first-order valence-electron chi connectivity index (χ1n) is 5.22. The van der Waals surface area contributed by atoms with Crippen LogP contribution < -0.4 is 5.32 Å². The van der Waals surface area contributed by atoms with Gasteiger partial charge in [0, 0.05) is 23.8 Å². The van der Waals surface area contributed by atoms with Crippen molar-refractivity contribution < 1.29 is 13.2 Å². The van der Waals surface area contributed by atoms with E-state index in [2.05, 4.69) is 21.2 Å². The van der Waals surface area contributed by atoms with Crippen LogP contribution in [0.3, 0.4) is 0 Å². The summed E-state index contributed by atoms with van der Waals surface area (Å²) >= 11 is 3.34. The summed E-state index contributed by atoms with van der Waals surface area (Å²) in [7, 11) is -1.52. The van der Waals surface area contributed by atoms with Crippen LogP contribution in [-0.4, -0.2) is 40.2 Å². The van der Waals surface area contributed by atoms with Gasteiger partial charge in [0.1, 0.15) is 0 Å². The molecule has 0 aromatic heterocycles. The van der Waals surface area contributed by atoms with Crippen LogP contribution in [0.4, 0.5) is 5.69 Å². The summed E-state index contributed by atoms with van der Waals surface area (Å²) in [5.41, 5.74) is 0.912. The molecule has 1 N–H and O–H groups in total. The molecule has 0 saturated heterocycles. The molecule has 1 aromatic rings. The van der Waals surface area contributed by atoms with Crippen molar-refractivity contribution in [3.63, 3.8) is 0 Å². The zero-order valence-electron chi connectivity index (χ0n) is 9.65. The fraction of sp³-hybridized carbons (Fsp3) is 0.455. The van der Waals surface area contributed by atoms with Crippen molar-refractivity contribution in [1.82, 2.24) is 0 Å². The molecule has 0 aliphatic rings. The number of anilines is 1. The van der Waals surface area contributed by atoms with Crippen molar-refractivity contribution in [2.75, 3.05) is 37.1 Å². The summed E-state index contributed by atoms with van der Waals surface area (Å²) in [5.74, 6) is 0.192. The Morgan fingerprint density at radius 3 is 2.47 bits per heavy atom. The Labute approximate surface area is 110 Å². The highest BCUT2D eigenvalue weighted by atomic mass is 79.9. The van der Waals surface area contributed by atoms with Crippen LogP contribution in [0.25, 0.3) is 0 Å². The summed E-state index contributed by atoms with van der Waals surface area (Å²) in [5, 5.41) is 3.06. The van der Waals surface area contributed by atoms with Crippen LogP contribution in [-0.2, 0) is 14.6 Å². The Hall–Kier alpha value is -0.590. The molecule has 0 unspecified atom stereocenters. The summed E-state index contributed by atoms with van der Waals surface area (Å²) < 4.78 is 28.8. The molecule has 4 nitrogen and oxygen atoms in total. The Morgan fingerprint density at radius 2 is 1.88 bits per heavy atom. The number of rotatable bonds is 7. The highest BCUT2D eigenvalue weighted by Crippen LogP contribution is 2.13. The van der Waals surface area contributed by atoms with Gasteiger partial charge in [-0.2, -0.15) is 0 Å². The number of nitrogens with one attached hydrogen (secondary N) is 1. The molecule has 1 rings (SSSR count). The minimum atomic E-state index is -3.02. The van der Waals surface area contributed by atoms with Crippen molar-refractivity contribution in [3.8, 4) is 0 Å². The Balaban J connectivity index is 2.34. The van der Waals surface area contributed by atoms with E-state index >= 15 is 0 Å². The van der Waals surface area contributed by atoms with E-state index in [1.807, 2.05) is 24.3 Å². The summed E-state index contributed by atoms with van der Waals surface area (Å²) in [6.45, 7) is 0.661. The Bertz CT molecular complexity index is 431. The minimum Gasteiger partial charge on any atom is -0.384 e. The van der Waals surface area contributed by atoms with Gasteiger partial charge in [-0.25, -0.2) is 8.42 Å². The van der Waals surface area contributed by atoms with Crippen molar-refractivity contribution in [3.05, 3.63) is 28.7 Å². The lowest BCUT2D eigenvalue weighted by Gasteiger charge is -2.07. The monoisotopic (exact) mass is 321 g/mol. The van der Waals surface area contributed by atoms with Gasteiger partial charge >= 0.3 is 0 Å². The molecule has 0 spiro atoms. The van der Waals surface area contributed by atoms with Crippen LogP contribution >= 0.6 is 15.9 Å². The van der Waals surface area contributed by atoms with Crippen molar-refractivity contribution in [1.29, 1.82) is 0 Å². The SMILES string of the molecule is COCCS(=O)(=O)CCNc1ccc(Br)cc1. The van der Waals surface area contributed by atoms with Gasteiger partial charge in [0.25, 0.3) is 0 Å². The summed E-state index contributed by atoms with van der Waals surface area (Å²) in [4.78, 5) is 0. The number of halogens is 1. The number of methoxy groups -OCH3 is 1. The molecule has 6 heteroatoms. The maximum Gasteiger partial charge on any atom is 0.154 e. The van der Waals surface area contributed by atoms with Crippen LogP contribution in [0.15, 0.2) is 28.7 Å². The third kappa shape index (κ3) is 6.05. The first kappa shape index (κ1) is 14.5. The van der Waals surface area contributed by atoms with E-state index < -0.39 is 9.84 Å². The molecular weight excluding hydrogens is 306 g/mol. The quantitative estimate of drug-likeness (QED) is 0.833. The second-order valence-electron chi connectivity index (χ2n) is 3.58. The van der Waals surface area contributed by atoms with E-state index in [1.165, 1.54) is 7.11 Å². The number of benzene rings is 1. The zero-order chi connectivity index (χ0) is 12.7. The van der Waals surface area contributed by atoms with Crippen LogP contribution in [0.1, 0.15) is 0 Å². The third-order valence-electron chi connectivity index (χ3n) is 2.18. The standard InChI is InChI=1S/C11H16BrNO3S/c1-16-7-9-17(14,15)8-6-13-11-4-2-10(12)3-5-11/h2-5,13H,6-9H2,1H3. The van der Waals surface area contributed by atoms with Gasteiger partial charge in [-0.1, -0.05) is 15.9 Å². The van der Waals surface area contributed by atoms with Crippen molar-refractivity contribution >= 4 is 31.5 Å². The predicted molar refractivity (Wildman–Crippen MR) is 73.2 cm³/mol. The van der Waals surface area contributed by atoms with Crippen molar-refractivity contribution in [2.24, 2.45) is 0 Å². The summed E-state index contributed by atoms with van der Waals surface area (Å²) in [6, 6.07) is 7.60. The fourth-order valence-corrected chi connectivity index (χ4v) is 2.53. The molecule has 0 bridgehead atoms. The van der Waals surface area contributed by atoms with Gasteiger partial charge in [-0.05, 0) is 24.3 Å². The zero-order valence-corrected chi connectivity index (χ0v) is 12.1. The largest absolute Gasteiger partial charge is 0.384 e. The fourth-order valence-electron chi connectivity index (χ4n) is 1.23. The predicted octanol–water partition coefficient (Wildman–Crippen LogP) is 1.92. The van der Waals surface area contributed by atoms with Crippen LogP contribution in [0, 0.1) is 0 Å². The van der Waals surface area contributed by atoms with Gasteiger partial charge in [0.2, 0.25) is 0 Å². The second-order valence-corrected chi connectivity index (χ2v) is 6.80. The van der Waals surface area contributed by atoms with E-state index in [1.54, 1.807) is 0 Å². The lowest BCUT2D eigenvalue weighted by molar-refractivity contribution is 0.217. The van der Waals surface area contributed by atoms with Crippen molar-refractivity contribution in [2.45, 2.75) is 0 Å². The van der Waals surface area contributed by atoms with Crippen LogP contribution in [0.2, 0.25) is 0 Å². The van der Waals surface area contributed by atoms with E-state index in [9.17, 15) is 8.42 Å². The maximum atomic E-state index is 11.5. The number of hydrogen-bond donors (Lipinski definition) is 1. The minimum absolute atomic E-state index is 0.0749. The van der Waals surface area contributed by atoms with Gasteiger partial charge < -0.3 is 10.1 Å². The first-order valence-corrected chi connectivity index (χ1v) is 7.84. The van der Waals surface area contributed by atoms with Gasteiger partial charge in [0.05, 0.1) is 18.1 Å². The highest BCUT2D eigenvalue weighted by molar-refractivity contribution is 9.10. The molecule has 0 amide bonds. The number of hydrogen-bond acceptors (Lipinski definition) is 4. The molecule has 0 atom stereocenters. The topological polar surface area (TPSA) is 55.4 Å². The first-order chi connectivity index (χ1) is 8.03. The highest BCUT2D eigenvalue weighted by Gasteiger charge is 2.09. The average molecular weight is 322 g/mol. The lowest BCUT2D eigenvalue weighted by atomic mass is 10.3. The summed E-state index contributed by atoms with van der Waals surface area (Å²) in [6.07, 6.45) is 0. The smallest absolute Gasteiger partial charge is 0.154 e. The molecule has 17 heavy (non-hydrogen) atoms. The molecule has 0 aliphatic heterocycles. The van der Waals surface area contributed by atoms with E-state index in [4.69, 9.17) is 4.74 Å². The van der Waals surface area contributed by atoms with E-state index in [0.29, 0.717) is 6.54 Å². The molecule has 1 aromatic carbocycles. The second kappa shape index (κ2) is 6.98. The van der Waals surface area contributed by atoms with E-state index in [0.717, 1.165) is 10.2 Å². The number of ether oxygens (including phenoxy) is 1. The average Bonchev–Trinajstić information content (AvgIpc) is 2.29. The normalized spacial score (nSPS) is 11.4. The number of sulfone groups is 1. The Kier molecular flexibility index (Phi) is 5.94. The van der Waals surface area contributed by atoms with Gasteiger partial charge in [0.15, 0.2) is 9.84 Å². The third-order valence-corrected chi connectivity index (χ3v) is 4.33. The molecule has 96 valence electrons. The Morgan fingerprint density at radius 1 is 1.24 bits per heavy atom. The molecular formula is C11H16BrNO3S. The molecule has 0 aliphatic carbocycles. The van der Waals surface area contributed by atoms with E-state index in [-0.39, 0.29) is 18.1 Å². The van der Waals surface area contributed by atoms with Gasteiger partial charge in [-0.15, -0.1) is 0 Å². The molecule has 0 heterocycles. The molecule has 0 saturated carbocycles. The van der Waals surface area contributed by atoms with Gasteiger partial charge in [-0.3, -0.25) is 0 Å². The maximum absolute atomic E-state index is 11.5. The van der Waals surface area contributed by atoms with Crippen LogP contribution in [0.5, 0.6) is 0 Å². The lowest BCUT2D eigenvalue weighted by Crippen LogP contribution is -2.20.